The van der Waals surface area contributed by atoms with Crippen LogP contribution in [0, 0.1) is 0 Å². The number of nitrogen functional groups attached to an aromatic ring is 1. The number of carbonyl (C=O) groups excluding carboxylic acids is 1. The van der Waals surface area contributed by atoms with Crippen LogP contribution in [0.25, 0.3) is 0 Å². The highest BCUT2D eigenvalue weighted by Crippen LogP contribution is 2.24. The Kier molecular flexibility index (Phi) is 4.79. The van der Waals surface area contributed by atoms with E-state index in [0.717, 1.165) is 12.0 Å². The van der Waals surface area contributed by atoms with Gasteiger partial charge < -0.3 is 11.1 Å². The molecule has 1 amide bonds. The molecule has 0 spiro atoms. The first-order valence-electron chi connectivity index (χ1n) is 6.81. The molecule has 3 nitrogen and oxygen atoms in total. The van der Waals surface area contributed by atoms with E-state index >= 15 is 0 Å². The lowest BCUT2D eigenvalue weighted by Gasteiger charge is -2.19. The van der Waals surface area contributed by atoms with Crippen LogP contribution in [0.5, 0.6) is 0 Å². The Labute approximate surface area is 123 Å². The molecule has 0 radical (unpaired) electrons. The molecule has 2 unspecified atom stereocenters. The number of nitrogens with one attached hydrogen (secondary N) is 1. The number of hydrogen-bond acceptors (Lipinski definition) is 3. The fourth-order valence-corrected chi connectivity index (χ4v) is 3.00. The first kappa shape index (κ1) is 14.6. The topological polar surface area (TPSA) is 55.1 Å². The van der Waals surface area contributed by atoms with Crippen molar-refractivity contribution < 1.29 is 4.79 Å². The molecule has 1 aromatic carbocycles. The quantitative estimate of drug-likeness (QED) is 0.824. The Balaban J connectivity index is 2.07. The van der Waals surface area contributed by atoms with Crippen LogP contribution in [-0.2, 0) is 4.79 Å². The predicted molar refractivity (Wildman–Crippen MR) is 84.8 cm³/mol. The summed E-state index contributed by atoms with van der Waals surface area (Å²) in [5.41, 5.74) is 7.41. The first-order valence-corrected chi connectivity index (χ1v) is 7.69. The van der Waals surface area contributed by atoms with E-state index in [1.807, 2.05) is 42.6 Å². The lowest BCUT2D eigenvalue weighted by molar-refractivity contribution is -0.123. The highest BCUT2D eigenvalue weighted by atomic mass is 32.1. The molecule has 1 heterocycles. The summed E-state index contributed by atoms with van der Waals surface area (Å²) < 4.78 is 0. The summed E-state index contributed by atoms with van der Waals surface area (Å²) in [4.78, 5) is 13.6. The Morgan fingerprint density at radius 2 is 2.15 bits per heavy atom. The molecule has 0 aliphatic heterocycles. The maximum Gasteiger partial charge on any atom is 0.227 e. The first-order chi connectivity index (χ1) is 9.61. The lowest BCUT2D eigenvalue weighted by Crippen LogP contribution is -2.31. The van der Waals surface area contributed by atoms with Crippen molar-refractivity contribution in [1.82, 2.24) is 5.32 Å². The van der Waals surface area contributed by atoms with Gasteiger partial charge in [0.2, 0.25) is 5.91 Å². The molecular weight excluding hydrogens is 268 g/mol. The van der Waals surface area contributed by atoms with Gasteiger partial charge in [0.05, 0.1) is 12.0 Å². The fraction of sp³-hybridized carbons (Fsp3) is 0.312. The fourth-order valence-electron chi connectivity index (χ4n) is 2.14. The van der Waals surface area contributed by atoms with Crippen molar-refractivity contribution in [2.45, 2.75) is 32.2 Å². The van der Waals surface area contributed by atoms with Gasteiger partial charge in [0.15, 0.2) is 0 Å². The molecule has 0 aliphatic rings. The van der Waals surface area contributed by atoms with Gasteiger partial charge in [-0.15, -0.1) is 11.3 Å². The molecule has 0 saturated carbocycles. The van der Waals surface area contributed by atoms with Gasteiger partial charge >= 0.3 is 0 Å². The minimum absolute atomic E-state index is 0.0378. The van der Waals surface area contributed by atoms with Gasteiger partial charge in [-0.25, -0.2) is 0 Å². The summed E-state index contributed by atoms with van der Waals surface area (Å²) in [6.45, 7) is 3.99. The number of anilines is 1. The van der Waals surface area contributed by atoms with Gasteiger partial charge in [-0.1, -0.05) is 25.1 Å². The van der Waals surface area contributed by atoms with Gasteiger partial charge in [0.25, 0.3) is 0 Å². The van der Waals surface area contributed by atoms with E-state index in [4.69, 9.17) is 5.73 Å². The van der Waals surface area contributed by atoms with Crippen molar-refractivity contribution in [3.8, 4) is 0 Å². The van der Waals surface area contributed by atoms with Crippen LogP contribution in [-0.4, -0.2) is 5.91 Å². The smallest absolute Gasteiger partial charge is 0.227 e. The van der Waals surface area contributed by atoms with Crippen molar-refractivity contribution in [2.75, 3.05) is 5.73 Å². The molecule has 2 aromatic rings. The predicted octanol–water partition coefficient (Wildman–Crippen LogP) is 3.70. The van der Waals surface area contributed by atoms with Crippen LogP contribution in [0.15, 0.2) is 41.8 Å². The van der Waals surface area contributed by atoms with Crippen molar-refractivity contribution >= 4 is 22.9 Å². The van der Waals surface area contributed by atoms with E-state index in [2.05, 4.69) is 18.3 Å². The lowest BCUT2D eigenvalue weighted by atomic mass is 9.99. The van der Waals surface area contributed by atoms with Gasteiger partial charge in [-0.05, 0) is 42.5 Å². The number of nitrogens with two attached hydrogens (primary N) is 1. The summed E-state index contributed by atoms with van der Waals surface area (Å²) in [5, 5.41) is 5.15. The molecule has 0 saturated heterocycles. The third-order valence-electron chi connectivity index (χ3n) is 3.42. The molecule has 3 N–H and O–H groups in total. The molecule has 2 atom stereocenters. The average Bonchev–Trinajstić information content (AvgIpc) is 2.97. The van der Waals surface area contributed by atoms with E-state index in [9.17, 15) is 4.79 Å². The normalized spacial score (nSPS) is 13.7. The van der Waals surface area contributed by atoms with E-state index < -0.39 is 0 Å². The summed E-state index contributed by atoms with van der Waals surface area (Å²) in [7, 11) is 0. The van der Waals surface area contributed by atoms with Crippen LogP contribution >= 0.6 is 11.3 Å². The maximum atomic E-state index is 12.4. The Hall–Kier alpha value is -1.81. The number of benzene rings is 1. The average molecular weight is 288 g/mol. The van der Waals surface area contributed by atoms with Crippen molar-refractivity contribution in [3.63, 3.8) is 0 Å². The Bertz CT molecular complexity index is 566. The zero-order valence-corrected chi connectivity index (χ0v) is 12.6. The second kappa shape index (κ2) is 6.57. The van der Waals surface area contributed by atoms with E-state index in [1.54, 1.807) is 11.3 Å². The van der Waals surface area contributed by atoms with Gasteiger partial charge in [0, 0.05) is 10.6 Å². The SMILES string of the molecule is CCC(NC(=O)C(C)c1cccc(N)c1)c1cccs1. The van der Waals surface area contributed by atoms with Gasteiger partial charge in [-0.3, -0.25) is 4.79 Å². The number of rotatable bonds is 5. The summed E-state index contributed by atoms with van der Waals surface area (Å²) in [5.74, 6) is -0.164. The van der Waals surface area contributed by atoms with Crippen LogP contribution < -0.4 is 11.1 Å². The zero-order valence-electron chi connectivity index (χ0n) is 11.8. The molecule has 1 aromatic heterocycles. The van der Waals surface area contributed by atoms with E-state index in [0.29, 0.717) is 5.69 Å². The summed E-state index contributed by atoms with van der Waals surface area (Å²) in [6.07, 6.45) is 0.885. The van der Waals surface area contributed by atoms with Crippen molar-refractivity contribution in [1.29, 1.82) is 0 Å². The van der Waals surface area contributed by atoms with Crippen LogP contribution in [0.4, 0.5) is 5.69 Å². The van der Waals surface area contributed by atoms with Crippen LogP contribution in [0.1, 0.15) is 42.7 Å². The van der Waals surface area contributed by atoms with E-state index in [-0.39, 0.29) is 17.9 Å². The maximum absolute atomic E-state index is 12.4. The standard InChI is InChI=1S/C16H20N2OS/c1-3-14(15-8-5-9-20-15)18-16(19)11(2)12-6-4-7-13(17)10-12/h4-11,14H,3,17H2,1-2H3,(H,18,19). The minimum atomic E-state index is -0.201. The van der Waals surface area contributed by atoms with Gasteiger partial charge in [0.1, 0.15) is 0 Å². The van der Waals surface area contributed by atoms with Crippen molar-refractivity contribution in [3.05, 3.63) is 52.2 Å². The molecule has 2 rings (SSSR count). The molecular formula is C16H20N2OS. The minimum Gasteiger partial charge on any atom is -0.399 e. The van der Waals surface area contributed by atoms with Crippen LogP contribution in [0.3, 0.4) is 0 Å². The van der Waals surface area contributed by atoms with Crippen molar-refractivity contribution in [2.24, 2.45) is 0 Å². The summed E-state index contributed by atoms with van der Waals surface area (Å²) in [6, 6.07) is 11.7. The number of carbonyl (C=O) groups is 1. The monoisotopic (exact) mass is 288 g/mol. The zero-order chi connectivity index (χ0) is 14.5. The molecule has 20 heavy (non-hydrogen) atoms. The highest BCUT2D eigenvalue weighted by molar-refractivity contribution is 7.10. The molecule has 106 valence electrons. The molecule has 0 fully saturated rings. The molecule has 0 bridgehead atoms. The molecule has 4 heteroatoms. The number of thiophene rings is 1. The highest BCUT2D eigenvalue weighted by Gasteiger charge is 2.19. The third kappa shape index (κ3) is 3.39. The second-order valence-corrected chi connectivity index (χ2v) is 5.86. The Morgan fingerprint density at radius 3 is 2.75 bits per heavy atom. The molecule has 0 aliphatic carbocycles. The van der Waals surface area contributed by atoms with Gasteiger partial charge in [-0.2, -0.15) is 0 Å². The number of amides is 1. The third-order valence-corrected chi connectivity index (χ3v) is 4.40. The number of hydrogen-bond donors (Lipinski definition) is 2. The largest absolute Gasteiger partial charge is 0.399 e. The van der Waals surface area contributed by atoms with Crippen LogP contribution in [0.2, 0.25) is 0 Å². The second-order valence-electron chi connectivity index (χ2n) is 4.88. The Morgan fingerprint density at radius 1 is 1.35 bits per heavy atom. The summed E-state index contributed by atoms with van der Waals surface area (Å²) >= 11 is 1.67. The van der Waals surface area contributed by atoms with E-state index in [1.165, 1.54) is 4.88 Å².